The van der Waals surface area contributed by atoms with Gasteiger partial charge >= 0.3 is 5.97 Å². The third-order valence-corrected chi connectivity index (χ3v) is 3.41. The van der Waals surface area contributed by atoms with E-state index in [4.69, 9.17) is 4.74 Å². The molecule has 2 unspecified atom stereocenters. The summed E-state index contributed by atoms with van der Waals surface area (Å²) < 4.78 is 7.86. The highest BCUT2D eigenvalue weighted by Gasteiger charge is 2.35. The molecule has 18 heavy (non-hydrogen) atoms. The van der Waals surface area contributed by atoms with Crippen LogP contribution in [-0.4, -0.2) is 34.9 Å². The molecular formula is C12H20BrN3O2. The van der Waals surface area contributed by atoms with Gasteiger partial charge in [0.1, 0.15) is 5.54 Å². The standard InChI is InChI=1S/C12H20BrN3O2/c1-5-18-11(17)12(3,14-4)6-9(2)16-8-10(13)7-15-16/h7-9,14H,5-6H2,1-4H3. The van der Waals surface area contributed by atoms with Gasteiger partial charge in [0.2, 0.25) is 0 Å². The lowest BCUT2D eigenvalue weighted by Crippen LogP contribution is -2.50. The highest BCUT2D eigenvalue weighted by molar-refractivity contribution is 9.10. The minimum absolute atomic E-state index is 0.0955. The van der Waals surface area contributed by atoms with Crippen molar-refractivity contribution in [3.63, 3.8) is 0 Å². The Labute approximate surface area is 116 Å². The smallest absolute Gasteiger partial charge is 0.326 e. The van der Waals surface area contributed by atoms with Crippen LogP contribution in [0.15, 0.2) is 16.9 Å². The molecule has 2 atom stereocenters. The fraction of sp³-hybridized carbons (Fsp3) is 0.667. The number of nitrogens with one attached hydrogen (secondary N) is 1. The lowest BCUT2D eigenvalue weighted by Gasteiger charge is -2.29. The monoisotopic (exact) mass is 317 g/mol. The van der Waals surface area contributed by atoms with Crippen LogP contribution >= 0.6 is 15.9 Å². The van der Waals surface area contributed by atoms with Crippen molar-refractivity contribution >= 4 is 21.9 Å². The number of halogens is 1. The van der Waals surface area contributed by atoms with Gasteiger partial charge in [-0.3, -0.25) is 9.48 Å². The number of ether oxygens (including phenoxy) is 1. The van der Waals surface area contributed by atoms with Crippen LogP contribution in [0.3, 0.4) is 0 Å². The number of hydrogen-bond acceptors (Lipinski definition) is 4. The van der Waals surface area contributed by atoms with E-state index in [1.165, 1.54) is 0 Å². The first kappa shape index (κ1) is 15.2. The highest BCUT2D eigenvalue weighted by atomic mass is 79.9. The Morgan fingerprint density at radius 1 is 1.72 bits per heavy atom. The van der Waals surface area contributed by atoms with Crippen LogP contribution in [-0.2, 0) is 9.53 Å². The Bertz CT molecular complexity index is 408. The number of aromatic nitrogens is 2. The zero-order chi connectivity index (χ0) is 13.8. The van der Waals surface area contributed by atoms with Crippen LogP contribution in [0.4, 0.5) is 0 Å². The molecule has 0 aliphatic carbocycles. The predicted molar refractivity (Wildman–Crippen MR) is 73.4 cm³/mol. The van der Waals surface area contributed by atoms with Gasteiger partial charge in [-0.2, -0.15) is 5.10 Å². The van der Waals surface area contributed by atoms with E-state index in [1.807, 2.05) is 31.6 Å². The van der Waals surface area contributed by atoms with Gasteiger partial charge in [0.05, 0.1) is 23.3 Å². The van der Waals surface area contributed by atoms with E-state index in [2.05, 4.69) is 26.3 Å². The van der Waals surface area contributed by atoms with E-state index >= 15 is 0 Å². The third kappa shape index (κ3) is 3.55. The molecule has 0 spiro atoms. The van der Waals surface area contributed by atoms with E-state index in [0.717, 1.165) is 4.47 Å². The summed E-state index contributed by atoms with van der Waals surface area (Å²) in [7, 11) is 1.77. The minimum Gasteiger partial charge on any atom is -0.465 e. The summed E-state index contributed by atoms with van der Waals surface area (Å²) in [6, 6.07) is 0.0955. The minimum atomic E-state index is -0.701. The van der Waals surface area contributed by atoms with E-state index in [-0.39, 0.29) is 12.0 Å². The molecular weight excluding hydrogens is 298 g/mol. The number of nitrogens with zero attached hydrogens (tertiary/aromatic N) is 2. The van der Waals surface area contributed by atoms with Crippen molar-refractivity contribution in [3.05, 3.63) is 16.9 Å². The van der Waals surface area contributed by atoms with Crippen molar-refractivity contribution in [2.45, 2.75) is 38.8 Å². The summed E-state index contributed by atoms with van der Waals surface area (Å²) in [4.78, 5) is 11.9. The molecule has 1 heterocycles. The predicted octanol–water partition coefficient (Wildman–Crippen LogP) is 2.14. The SMILES string of the molecule is CCOC(=O)C(C)(CC(C)n1cc(Br)cn1)NC. The number of esters is 1. The lowest BCUT2D eigenvalue weighted by molar-refractivity contribution is -0.151. The van der Waals surface area contributed by atoms with Gasteiger partial charge in [-0.15, -0.1) is 0 Å². The molecule has 0 saturated carbocycles. The quantitative estimate of drug-likeness (QED) is 0.817. The van der Waals surface area contributed by atoms with E-state index in [1.54, 1.807) is 13.2 Å². The van der Waals surface area contributed by atoms with E-state index in [0.29, 0.717) is 13.0 Å². The Hall–Kier alpha value is -0.880. The van der Waals surface area contributed by atoms with Gasteiger partial charge in [-0.05, 0) is 50.2 Å². The second-order valence-corrected chi connectivity index (χ2v) is 5.41. The first-order chi connectivity index (χ1) is 8.42. The molecule has 102 valence electrons. The molecule has 0 amide bonds. The number of rotatable bonds is 6. The van der Waals surface area contributed by atoms with Gasteiger partial charge in [0.15, 0.2) is 0 Å². The summed E-state index contributed by atoms with van der Waals surface area (Å²) in [5, 5.41) is 7.27. The first-order valence-electron chi connectivity index (χ1n) is 5.98. The van der Waals surface area contributed by atoms with Crippen LogP contribution < -0.4 is 5.32 Å². The molecule has 1 rings (SSSR count). The summed E-state index contributed by atoms with van der Waals surface area (Å²) in [5.41, 5.74) is -0.701. The van der Waals surface area contributed by atoms with Crippen LogP contribution in [0.2, 0.25) is 0 Å². The number of carbonyl (C=O) groups is 1. The fourth-order valence-electron chi connectivity index (χ4n) is 1.82. The van der Waals surface area contributed by atoms with Crippen molar-refractivity contribution in [3.8, 4) is 0 Å². The molecule has 6 heteroatoms. The van der Waals surface area contributed by atoms with Crippen LogP contribution in [0.25, 0.3) is 0 Å². The molecule has 0 aromatic carbocycles. The Morgan fingerprint density at radius 3 is 2.83 bits per heavy atom. The summed E-state index contributed by atoms with van der Waals surface area (Å²) >= 11 is 3.36. The zero-order valence-corrected chi connectivity index (χ0v) is 12.8. The van der Waals surface area contributed by atoms with Gasteiger partial charge in [-0.25, -0.2) is 0 Å². The molecule has 0 aliphatic rings. The first-order valence-corrected chi connectivity index (χ1v) is 6.78. The molecule has 1 aromatic heterocycles. The molecule has 5 nitrogen and oxygen atoms in total. The van der Waals surface area contributed by atoms with E-state index in [9.17, 15) is 4.79 Å². The number of hydrogen-bond donors (Lipinski definition) is 1. The molecule has 0 bridgehead atoms. The summed E-state index contributed by atoms with van der Waals surface area (Å²) in [5.74, 6) is -0.231. The van der Waals surface area contributed by atoms with Crippen molar-refractivity contribution in [1.29, 1.82) is 0 Å². The molecule has 0 aliphatic heterocycles. The van der Waals surface area contributed by atoms with E-state index < -0.39 is 5.54 Å². The molecule has 1 aromatic rings. The summed E-state index contributed by atoms with van der Waals surface area (Å²) in [6.07, 6.45) is 4.24. The largest absolute Gasteiger partial charge is 0.465 e. The Kier molecular flexibility index (Phi) is 5.34. The maximum absolute atomic E-state index is 11.9. The maximum Gasteiger partial charge on any atom is 0.326 e. The molecule has 0 fully saturated rings. The van der Waals surface area contributed by atoms with Crippen molar-refractivity contribution in [2.75, 3.05) is 13.7 Å². The third-order valence-electron chi connectivity index (χ3n) is 3.00. The van der Waals surface area contributed by atoms with Gasteiger partial charge in [0.25, 0.3) is 0 Å². The number of likely N-dealkylation sites (N-methyl/N-ethyl adjacent to an activating group) is 1. The van der Waals surface area contributed by atoms with Crippen molar-refractivity contribution in [2.24, 2.45) is 0 Å². The lowest BCUT2D eigenvalue weighted by atomic mass is 9.94. The van der Waals surface area contributed by atoms with Gasteiger partial charge in [0, 0.05) is 6.20 Å². The fourth-order valence-corrected chi connectivity index (χ4v) is 2.12. The summed E-state index contributed by atoms with van der Waals surface area (Å²) in [6.45, 7) is 6.06. The Balaban J connectivity index is 2.76. The molecule has 0 saturated heterocycles. The van der Waals surface area contributed by atoms with Crippen molar-refractivity contribution in [1.82, 2.24) is 15.1 Å². The van der Waals surface area contributed by atoms with Crippen LogP contribution in [0.5, 0.6) is 0 Å². The average Bonchev–Trinajstić information content (AvgIpc) is 2.76. The highest BCUT2D eigenvalue weighted by Crippen LogP contribution is 2.22. The zero-order valence-electron chi connectivity index (χ0n) is 11.2. The second kappa shape index (κ2) is 6.33. The van der Waals surface area contributed by atoms with Crippen LogP contribution in [0.1, 0.15) is 33.2 Å². The topological polar surface area (TPSA) is 56.2 Å². The number of carbonyl (C=O) groups excluding carboxylic acids is 1. The van der Waals surface area contributed by atoms with Crippen LogP contribution in [0, 0.1) is 0 Å². The Morgan fingerprint density at radius 2 is 2.39 bits per heavy atom. The molecule has 0 radical (unpaired) electrons. The molecule has 1 N–H and O–H groups in total. The average molecular weight is 318 g/mol. The van der Waals surface area contributed by atoms with Gasteiger partial charge in [-0.1, -0.05) is 0 Å². The maximum atomic E-state index is 11.9. The van der Waals surface area contributed by atoms with Crippen molar-refractivity contribution < 1.29 is 9.53 Å². The normalized spacial score (nSPS) is 16.1. The second-order valence-electron chi connectivity index (χ2n) is 4.49. The van der Waals surface area contributed by atoms with Gasteiger partial charge < -0.3 is 10.1 Å².